The van der Waals surface area contributed by atoms with Gasteiger partial charge in [0.2, 0.25) is 0 Å². The van der Waals surface area contributed by atoms with Crippen LogP contribution in [-0.4, -0.2) is 18.0 Å². The lowest BCUT2D eigenvalue weighted by atomic mass is 10.1. The molecule has 1 unspecified atom stereocenters. The molecule has 2 N–H and O–H groups in total. The SMILES string of the molecule is CCCCCCCCC=CCCCCCCCC(=O)OC(=O)C(N)CC. The minimum absolute atomic E-state index is 0.306. The molecule has 0 saturated carbocycles. The number of hydrogen-bond acceptors (Lipinski definition) is 4. The number of carbonyl (C=O) groups is 2. The maximum atomic E-state index is 11.5. The lowest BCUT2D eigenvalue weighted by molar-refractivity contribution is -0.160. The van der Waals surface area contributed by atoms with E-state index >= 15 is 0 Å². The summed E-state index contributed by atoms with van der Waals surface area (Å²) in [6.07, 6.45) is 21.3. The van der Waals surface area contributed by atoms with E-state index in [1.54, 1.807) is 6.92 Å². The van der Waals surface area contributed by atoms with Gasteiger partial charge < -0.3 is 10.5 Å². The molecule has 0 aliphatic rings. The van der Waals surface area contributed by atoms with E-state index < -0.39 is 18.0 Å². The van der Waals surface area contributed by atoms with Gasteiger partial charge in [-0.25, -0.2) is 4.79 Å². The van der Waals surface area contributed by atoms with Crippen LogP contribution in [0.1, 0.15) is 110 Å². The Morgan fingerprint density at radius 2 is 1.31 bits per heavy atom. The standard InChI is InChI=1S/C22H41NO3/c1-3-5-6-7-8-9-10-11-12-13-14-15-16-17-18-19-21(24)26-22(25)20(23)4-2/h11-12,20H,3-10,13-19,23H2,1-2H3. The lowest BCUT2D eigenvalue weighted by Crippen LogP contribution is -2.32. The van der Waals surface area contributed by atoms with Crippen LogP contribution in [0.5, 0.6) is 0 Å². The Morgan fingerprint density at radius 1 is 0.808 bits per heavy atom. The Kier molecular flexibility index (Phi) is 17.8. The second kappa shape index (κ2) is 18.6. The summed E-state index contributed by atoms with van der Waals surface area (Å²) in [7, 11) is 0. The minimum Gasteiger partial charge on any atom is -0.392 e. The predicted octanol–water partition coefficient (Wildman–Crippen LogP) is 5.83. The van der Waals surface area contributed by atoms with Crippen molar-refractivity contribution in [2.75, 3.05) is 0 Å². The molecule has 0 amide bonds. The number of rotatable bonds is 17. The molecule has 4 heteroatoms. The third kappa shape index (κ3) is 16.3. The van der Waals surface area contributed by atoms with Crippen LogP contribution in [-0.2, 0) is 14.3 Å². The highest BCUT2D eigenvalue weighted by Gasteiger charge is 2.16. The van der Waals surface area contributed by atoms with Crippen molar-refractivity contribution in [1.29, 1.82) is 0 Å². The van der Waals surface area contributed by atoms with E-state index in [9.17, 15) is 9.59 Å². The molecule has 0 aromatic rings. The molecule has 0 radical (unpaired) electrons. The van der Waals surface area contributed by atoms with Gasteiger partial charge >= 0.3 is 11.9 Å². The van der Waals surface area contributed by atoms with Crippen LogP contribution < -0.4 is 5.73 Å². The molecule has 0 aromatic heterocycles. The van der Waals surface area contributed by atoms with Crippen LogP contribution in [0.4, 0.5) is 0 Å². The van der Waals surface area contributed by atoms with Crippen LogP contribution in [0, 0.1) is 0 Å². The first-order chi connectivity index (χ1) is 12.6. The summed E-state index contributed by atoms with van der Waals surface area (Å²) in [4.78, 5) is 22.9. The molecule has 0 aliphatic heterocycles. The topological polar surface area (TPSA) is 69.4 Å². The fourth-order valence-corrected chi connectivity index (χ4v) is 2.75. The summed E-state index contributed by atoms with van der Waals surface area (Å²) >= 11 is 0. The first-order valence-corrected chi connectivity index (χ1v) is 10.8. The third-order valence-corrected chi connectivity index (χ3v) is 4.60. The molecule has 0 aromatic carbocycles. The van der Waals surface area contributed by atoms with E-state index in [-0.39, 0.29) is 0 Å². The molecule has 0 bridgehead atoms. The molecule has 1 atom stereocenters. The van der Waals surface area contributed by atoms with Gasteiger partial charge in [0.25, 0.3) is 0 Å². The Balaban J connectivity index is 3.34. The average molecular weight is 368 g/mol. The minimum atomic E-state index is -0.687. The van der Waals surface area contributed by atoms with Crippen molar-refractivity contribution in [2.24, 2.45) is 5.73 Å². The maximum Gasteiger partial charge on any atom is 0.330 e. The summed E-state index contributed by atoms with van der Waals surface area (Å²) in [5, 5.41) is 0. The smallest absolute Gasteiger partial charge is 0.330 e. The zero-order chi connectivity index (χ0) is 19.5. The van der Waals surface area contributed by atoms with Crippen molar-refractivity contribution in [3.05, 3.63) is 12.2 Å². The van der Waals surface area contributed by atoms with Gasteiger partial charge in [0, 0.05) is 6.42 Å². The summed E-state index contributed by atoms with van der Waals surface area (Å²) in [6.45, 7) is 4.05. The first kappa shape index (κ1) is 24.8. The highest BCUT2D eigenvalue weighted by molar-refractivity contribution is 5.88. The molecule has 26 heavy (non-hydrogen) atoms. The first-order valence-electron chi connectivity index (χ1n) is 10.8. The van der Waals surface area contributed by atoms with Gasteiger partial charge in [0.05, 0.1) is 0 Å². The molecular weight excluding hydrogens is 326 g/mol. The fourth-order valence-electron chi connectivity index (χ4n) is 2.75. The second-order valence-corrected chi connectivity index (χ2v) is 7.14. The molecule has 0 fully saturated rings. The quantitative estimate of drug-likeness (QED) is 0.152. The number of hydrogen-bond donors (Lipinski definition) is 1. The number of unbranched alkanes of at least 4 members (excludes halogenated alkanes) is 11. The van der Waals surface area contributed by atoms with E-state index in [0.29, 0.717) is 12.8 Å². The van der Waals surface area contributed by atoms with Gasteiger partial charge in [0.1, 0.15) is 6.04 Å². The molecule has 0 saturated heterocycles. The van der Waals surface area contributed by atoms with Crippen LogP contribution in [0.15, 0.2) is 12.2 Å². The predicted molar refractivity (Wildman–Crippen MR) is 109 cm³/mol. The van der Waals surface area contributed by atoms with Crippen LogP contribution in [0.2, 0.25) is 0 Å². The number of esters is 2. The molecule has 4 nitrogen and oxygen atoms in total. The van der Waals surface area contributed by atoms with Gasteiger partial charge in [-0.15, -0.1) is 0 Å². The van der Waals surface area contributed by atoms with Crippen molar-refractivity contribution < 1.29 is 14.3 Å². The summed E-state index contributed by atoms with van der Waals surface area (Å²) in [5.41, 5.74) is 5.52. The zero-order valence-electron chi connectivity index (χ0n) is 17.1. The Labute approximate surface area is 160 Å². The van der Waals surface area contributed by atoms with Crippen molar-refractivity contribution in [2.45, 2.75) is 116 Å². The molecule has 152 valence electrons. The molecular formula is C22H41NO3. The van der Waals surface area contributed by atoms with E-state index in [1.165, 1.54) is 57.8 Å². The van der Waals surface area contributed by atoms with E-state index in [2.05, 4.69) is 19.1 Å². The maximum absolute atomic E-state index is 11.5. The highest BCUT2D eigenvalue weighted by Crippen LogP contribution is 2.10. The largest absolute Gasteiger partial charge is 0.392 e. The van der Waals surface area contributed by atoms with Crippen LogP contribution in [0.25, 0.3) is 0 Å². The monoisotopic (exact) mass is 367 g/mol. The number of allylic oxidation sites excluding steroid dienone is 2. The fraction of sp³-hybridized carbons (Fsp3) is 0.818. The van der Waals surface area contributed by atoms with Gasteiger partial charge in [0.15, 0.2) is 0 Å². The van der Waals surface area contributed by atoms with E-state index in [4.69, 9.17) is 10.5 Å². The third-order valence-electron chi connectivity index (χ3n) is 4.60. The average Bonchev–Trinajstić information content (AvgIpc) is 2.64. The Hall–Kier alpha value is -1.16. The van der Waals surface area contributed by atoms with Crippen molar-refractivity contribution in [1.82, 2.24) is 0 Å². The number of nitrogens with two attached hydrogens (primary N) is 1. The van der Waals surface area contributed by atoms with E-state index in [0.717, 1.165) is 25.7 Å². The Bertz CT molecular complexity index is 380. The molecule has 0 aliphatic carbocycles. The summed E-state index contributed by atoms with van der Waals surface area (Å²) in [6, 6.07) is -0.687. The van der Waals surface area contributed by atoms with Gasteiger partial charge in [-0.2, -0.15) is 0 Å². The Morgan fingerprint density at radius 3 is 1.85 bits per heavy atom. The normalized spacial score (nSPS) is 12.4. The molecule has 0 heterocycles. The van der Waals surface area contributed by atoms with Crippen LogP contribution in [0.3, 0.4) is 0 Å². The second-order valence-electron chi connectivity index (χ2n) is 7.14. The van der Waals surface area contributed by atoms with Gasteiger partial charge in [-0.05, 0) is 38.5 Å². The number of carbonyl (C=O) groups excluding carboxylic acids is 2. The molecule has 0 rings (SSSR count). The van der Waals surface area contributed by atoms with Gasteiger partial charge in [-0.1, -0.05) is 77.4 Å². The van der Waals surface area contributed by atoms with Crippen LogP contribution >= 0.6 is 0 Å². The number of ether oxygens (including phenoxy) is 1. The lowest BCUT2D eigenvalue weighted by Gasteiger charge is -2.07. The van der Waals surface area contributed by atoms with E-state index in [1.807, 2.05) is 0 Å². The summed E-state index contributed by atoms with van der Waals surface area (Å²) in [5.74, 6) is -1.05. The zero-order valence-corrected chi connectivity index (χ0v) is 17.1. The highest BCUT2D eigenvalue weighted by atomic mass is 16.6. The van der Waals surface area contributed by atoms with Gasteiger partial charge in [-0.3, -0.25) is 4.79 Å². The van der Waals surface area contributed by atoms with Crippen molar-refractivity contribution >= 4 is 11.9 Å². The molecule has 0 spiro atoms. The summed E-state index contributed by atoms with van der Waals surface area (Å²) < 4.78 is 4.71. The van der Waals surface area contributed by atoms with Crippen molar-refractivity contribution in [3.8, 4) is 0 Å². The van der Waals surface area contributed by atoms with Crippen molar-refractivity contribution in [3.63, 3.8) is 0 Å².